The molecule has 0 unspecified atom stereocenters. The van der Waals surface area contributed by atoms with Gasteiger partial charge in [0.2, 0.25) is 0 Å². The van der Waals surface area contributed by atoms with Gasteiger partial charge in [0.1, 0.15) is 11.5 Å². The summed E-state index contributed by atoms with van der Waals surface area (Å²) in [6.45, 7) is 0. The molecule has 0 fully saturated rings. The Morgan fingerprint density at radius 1 is 1.19 bits per heavy atom. The van der Waals surface area contributed by atoms with Crippen molar-refractivity contribution in [3.63, 3.8) is 0 Å². The molecule has 0 bridgehead atoms. The molecule has 0 saturated heterocycles. The predicted octanol–water partition coefficient (Wildman–Crippen LogP) is 0.441. The average Bonchev–Trinajstić information content (AvgIpc) is 2.45. The van der Waals surface area contributed by atoms with E-state index in [1.165, 1.54) is 14.2 Å². The topological polar surface area (TPSA) is 147 Å². The average molecular weight is 291 g/mol. The van der Waals surface area contributed by atoms with Gasteiger partial charge in [-0.25, -0.2) is 0 Å². The van der Waals surface area contributed by atoms with Crippen LogP contribution in [0.25, 0.3) is 0 Å². The fraction of sp³-hybridized carbons (Fsp3) is 0.154. The summed E-state index contributed by atoms with van der Waals surface area (Å²) in [5.41, 5.74) is 10.5. The van der Waals surface area contributed by atoms with Crippen LogP contribution in [0.3, 0.4) is 0 Å². The van der Waals surface area contributed by atoms with E-state index in [-0.39, 0.29) is 5.70 Å². The first-order valence-electron chi connectivity index (χ1n) is 5.82. The molecule has 21 heavy (non-hydrogen) atoms. The molecule has 0 atom stereocenters. The van der Waals surface area contributed by atoms with E-state index < -0.39 is 17.5 Å². The van der Waals surface area contributed by atoms with Crippen molar-refractivity contribution in [3.8, 4) is 11.5 Å². The third-order valence-electron chi connectivity index (χ3n) is 2.50. The number of rotatable bonds is 6. The van der Waals surface area contributed by atoms with Crippen molar-refractivity contribution in [2.75, 3.05) is 19.5 Å². The molecular weight excluding hydrogens is 274 g/mol. The standard InChI is InChI=1S/C13H17N5O3/c1-20-9-4-3-7(5-10(9)21-2)18-11(19)6-8(14)12(15)13(16)17/h3-6,15H,14H2,1-2H3,(H3,16,17)(H,18,19)/b8-6+,15-12?. The Morgan fingerprint density at radius 3 is 2.33 bits per heavy atom. The summed E-state index contributed by atoms with van der Waals surface area (Å²) in [4.78, 5) is 11.8. The van der Waals surface area contributed by atoms with Gasteiger partial charge in [-0.05, 0) is 12.1 Å². The molecular formula is C13H17N5O3. The van der Waals surface area contributed by atoms with Crippen LogP contribution in [-0.4, -0.2) is 31.7 Å². The molecule has 1 aromatic carbocycles. The predicted molar refractivity (Wildman–Crippen MR) is 80.1 cm³/mol. The molecule has 1 amide bonds. The van der Waals surface area contributed by atoms with E-state index >= 15 is 0 Å². The van der Waals surface area contributed by atoms with Crippen LogP contribution in [0.5, 0.6) is 11.5 Å². The highest BCUT2D eigenvalue weighted by Gasteiger charge is 2.09. The number of amidine groups is 1. The van der Waals surface area contributed by atoms with Gasteiger partial charge in [-0.2, -0.15) is 0 Å². The monoisotopic (exact) mass is 291 g/mol. The number of carbonyl (C=O) groups is 1. The smallest absolute Gasteiger partial charge is 0.250 e. The minimum atomic E-state index is -0.550. The van der Waals surface area contributed by atoms with E-state index in [1.807, 2.05) is 0 Å². The van der Waals surface area contributed by atoms with Crippen LogP contribution >= 0.6 is 0 Å². The van der Waals surface area contributed by atoms with Crippen LogP contribution < -0.4 is 26.3 Å². The van der Waals surface area contributed by atoms with E-state index in [4.69, 9.17) is 31.8 Å². The summed E-state index contributed by atoms with van der Waals surface area (Å²) in [5.74, 6) is -0.0685. The highest BCUT2D eigenvalue weighted by Crippen LogP contribution is 2.29. The lowest BCUT2D eigenvalue weighted by Crippen LogP contribution is -2.28. The molecule has 8 heteroatoms. The Kier molecular flexibility index (Phi) is 5.30. The van der Waals surface area contributed by atoms with Crippen molar-refractivity contribution in [2.24, 2.45) is 11.5 Å². The number of amides is 1. The van der Waals surface area contributed by atoms with Crippen molar-refractivity contribution in [1.29, 1.82) is 10.8 Å². The summed E-state index contributed by atoms with van der Waals surface area (Å²) in [7, 11) is 2.99. The molecule has 0 aliphatic heterocycles. The summed E-state index contributed by atoms with van der Waals surface area (Å²) in [6, 6.07) is 4.84. The van der Waals surface area contributed by atoms with Crippen molar-refractivity contribution < 1.29 is 14.3 Å². The largest absolute Gasteiger partial charge is 0.493 e. The number of anilines is 1. The molecule has 0 aliphatic rings. The molecule has 0 radical (unpaired) electrons. The van der Waals surface area contributed by atoms with Crippen LogP contribution in [-0.2, 0) is 4.79 Å². The Morgan fingerprint density at radius 2 is 1.81 bits per heavy atom. The molecule has 8 nitrogen and oxygen atoms in total. The van der Waals surface area contributed by atoms with Gasteiger partial charge in [0.25, 0.3) is 5.91 Å². The second kappa shape index (κ2) is 6.94. The van der Waals surface area contributed by atoms with Crippen molar-refractivity contribution >= 4 is 23.1 Å². The normalized spacial score (nSPS) is 10.7. The van der Waals surface area contributed by atoms with Gasteiger partial charge >= 0.3 is 0 Å². The maximum absolute atomic E-state index is 11.8. The van der Waals surface area contributed by atoms with Crippen LogP contribution in [0.1, 0.15) is 0 Å². The lowest BCUT2D eigenvalue weighted by molar-refractivity contribution is -0.111. The third kappa shape index (κ3) is 4.23. The molecule has 1 aromatic rings. The highest BCUT2D eigenvalue weighted by atomic mass is 16.5. The molecule has 0 aliphatic carbocycles. The Labute approximate surface area is 121 Å². The van der Waals surface area contributed by atoms with Gasteiger partial charge < -0.3 is 26.3 Å². The number of carbonyl (C=O) groups excluding carboxylic acids is 1. The molecule has 0 aromatic heterocycles. The van der Waals surface area contributed by atoms with Crippen molar-refractivity contribution in [1.82, 2.24) is 0 Å². The van der Waals surface area contributed by atoms with Gasteiger partial charge in [-0.3, -0.25) is 15.6 Å². The quantitative estimate of drug-likeness (QED) is 0.293. The molecule has 0 spiro atoms. The van der Waals surface area contributed by atoms with E-state index in [0.29, 0.717) is 17.2 Å². The Balaban J connectivity index is 2.86. The number of hydrogen-bond donors (Lipinski definition) is 5. The second-order valence-electron chi connectivity index (χ2n) is 3.95. The molecule has 112 valence electrons. The van der Waals surface area contributed by atoms with Gasteiger partial charge in [-0.15, -0.1) is 0 Å². The number of nitrogens with one attached hydrogen (secondary N) is 3. The van der Waals surface area contributed by atoms with Crippen molar-refractivity contribution in [3.05, 3.63) is 30.0 Å². The van der Waals surface area contributed by atoms with E-state index in [9.17, 15) is 4.79 Å². The van der Waals surface area contributed by atoms with Crippen LogP contribution in [0.4, 0.5) is 5.69 Å². The summed E-state index contributed by atoms with van der Waals surface area (Å²) >= 11 is 0. The third-order valence-corrected chi connectivity index (χ3v) is 2.50. The Hall–Kier alpha value is -3.03. The first kappa shape index (κ1) is 16.0. The zero-order chi connectivity index (χ0) is 16.0. The van der Waals surface area contributed by atoms with Crippen molar-refractivity contribution in [2.45, 2.75) is 0 Å². The molecule has 1 rings (SSSR count). The minimum Gasteiger partial charge on any atom is -0.493 e. The first-order valence-corrected chi connectivity index (χ1v) is 5.82. The summed E-state index contributed by atoms with van der Waals surface area (Å²) < 4.78 is 10.2. The molecule has 7 N–H and O–H groups in total. The fourth-order valence-corrected chi connectivity index (χ4v) is 1.46. The van der Waals surface area contributed by atoms with Crippen LogP contribution in [0.15, 0.2) is 30.0 Å². The maximum Gasteiger partial charge on any atom is 0.250 e. The second-order valence-corrected chi connectivity index (χ2v) is 3.95. The first-order chi connectivity index (χ1) is 9.88. The lowest BCUT2D eigenvalue weighted by Gasteiger charge is -2.10. The van der Waals surface area contributed by atoms with E-state index in [2.05, 4.69) is 5.32 Å². The van der Waals surface area contributed by atoms with E-state index in [0.717, 1.165) is 6.08 Å². The number of nitrogens with two attached hydrogens (primary N) is 2. The molecule has 0 heterocycles. The van der Waals surface area contributed by atoms with Gasteiger partial charge in [0, 0.05) is 17.8 Å². The number of benzene rings is 1. The molecule has 0 saturated carbocycles. The minimum absolute atomic E-state index is 0.194. The zero-order valence-corrected chi connectivity index (χ0v) is 11.7. The highest BCUT2D eigenvalue weighted by molar-refractivity contribution is 6.44. The van der Waals surface area contributed by atoms with E-state index in [1.54, 1.807) is 18.2 Å². The zero-order valence-electron chi connectivity index (χ0n) is 11.7. The van der Waals surface area contributed by atoms with Crippen LogP contribution in [0, 0.1) is 10.8 Å². The van der Waals surface area contributed by atoms with Crippen LogP contribution in [0.2, 0.25) is 0 Å². The number of ether oxygens (including phenoxy) is 2. The summed E-state index contributed by atoms with van der Waals surface area (Å²) in [6.07, 6.45) is 0.987. The lowest BCUT2D eigenvalue weighted by atomic mass is 10.2. The van der Waals surface area contributed by atoms with Gasteiger partial charge in [-0.1, -0.05) is 0 Å². The summed E-state index contributed by atoms with van der Waals surface area (Å²) in [5, 5.41) is 17.0. The maximum atomic E-state index is 11.8. The van der Waals surface area contributed by atoms with Gasteiger partial charge in [0.05, 0.1) is 19.9 Å². The number of hydrogen-bond acceptors (Lipinski definition) is 6. The number of methoxy groups -OCH3 is 2. The fourth-order valence-electron chi connectivity index (χ4n) is 1.46. The SMILES string of the molecule is COc1ccc(NC(=O)/C=C(/N)C(=N)C(=N)N)cc1OC. The van der Waals surface area contributed by atoms with Gasteiger partial charge in [0.15, 0.2) is 11.5 Å². The Bertz CT molecular complexity index is 610.